The van der Waals surface area contributed by atoms with E-state index in [1.807, 2.05) is 18.3 Å². The average molecular weight is 495 g/mol. The maximum atomic E-state index is 12.0. The number of pyridine rings is 1. The van der Waals surface area contributed by atoms with Crippen LogP contribution in [0, 0.1) is 5.92 Å². The van der Waals surface area contributed by atoms with E-state index < -0.39 is 0 Å². The molecular weight excluding hydrogens is 456 g/mol. The Hall–Kier alpha value is -2.98. The summed E-state index contributed by atoms with van der Waals surface area (Å²) in [6.07, 6.45) is 10.2. The molecule has 0 radical (unpaired) electrons. The number of nitrogens with zero attached hydrogens (tertiary/aromatic N) is 4. The lowest BCUT2D eigenvalue weighted by atomic mass is 9.85. The first kappa shape index (κ1) is 24.7. The van der Waals surface area contributed by atoms with Gasteiger partial charge in [0.05, 0.1) is 25.1 Å². The van der Waals surface area contributed by atoms with Crippen LogP contribution in [0.3, 0.4) is 0 Å². The van der Waals surface area contributed by atoms with Crippen molar-refractivity contribution in [3.05, 3.63) is 30.1 Å². The van der Waals surface area contributed by atoms with Crippen LogP contribution in [0.1, 0.15) is 50.0 Å². The summed E-state index contributed by atoms with van der Waals surface area (Å²) in [7, 11) is 0. The summed E-state index contributed by atoms with van der Waals surface area (Å²) in [6.45, 7) is 6.90. The van der Waals surface area contributed by atoms with E-state index in [1.165, 1.54) is 24.8 Å². The molecule has 0 atom stereocenters. The second-order valence-electron chi connectivity index (χ2n) is 9.91. The number of anilines is 4. The van der Waals surface area contributed by atoms with E-state index in [9.17, 15) is 4.79 Å². The molecule has 0 aromatic carbocycles. The molecule has 2 saturated carbocycles. The van der Waals surface area contributed by atoms with Crippen molar-refractivity contribution in [3.63, 3.8) is 0 Å². The van der Waals surface area contributed by atoms with Gasteiger partial charge in [0.1, 0.15) is 11.6 Å². The molecule has 4 N–H and O–H groups in total. The quantitative estimate of drug-likeness (QED) is 0.312. The molecular formula is C26H38N8O2. The monoisotopic (exact) mass is 494 g/mol. The minimum Gasteiger partial charge on any atom is -0.379 e. The number of carbonyl (C=O) groups is 1. The molecule has 2 aliphatic carbocycles. The van der Waals surface area contributed by atoms with Crippen LogP contribution in [-0.4, -0.2) is 78.2 Å². The third kappa shape index (κ3) is 7.04. The van der Waals surface area contributed by atoms with Gasteiger partial charge in [0, 0.05) is 56.9 Å². The van der Waals surface area contributed by atoms with E-state index >= 15 is 0 Å². The van der Waals surface area contributed by atoms with Crippen LogP contribution in [0.4, 0.5) is 23.3 Å². The molecule has 0 bridgehead atoms. The highest BCUT2D eigenvalue weighted by molar-refractivity contribution is 5.79. The Morgan fingerprint density at radius 1 is 1.00 bits per heavy atom. The van der Waals surface area contributed by atoms with Gasteiger partial charge in [-0.3, -0.25) is 9.69 Å². The van der Waals surface area contributed by atoms with Gasteiger partial charge in [-0.2, -0.15) is 4.98 Å². The highest BCUT2D eigenvalue weighted by Crippen LogP contribution is 2.42. The van der Waals surface area contributed by atoms with Gasteiger partial charge in [-0.15, -0.1) is 0 Å². The maximum absolute atomic E-state index is 12.0. The SMILES string of the molecule is O=C(NCCCNc1nc(Nc2ccc(NCCN3CCOCC3)nc2)ncc1C1CC1)C1CCC1. The van der Waals surface area contributed by atoms with Crippen molar-refractivity contribution in [3.8, 4) is 0 Å². The van der Waals surface area contributed by atoms with Crippen molar-refractivity contribution in [1.29, 1.82) is 0 Å². The summed E-state index contributed by atoms with van der Waals surface area (Å²) >= 11 is 0. The van der Waals surface area contributed by atoms with Crippen LogP contribution in [-0.2, 0) is 9.53 Å². The summed E-state index contributed by atoms with van der Waals surface area (Å²) in [6, 6.07) is 3.96. The summed E-state index contributed by atoms with van der Waals surface area (Å²) in [5.41, 5.74) is 2.02. The molecule has 5 rings (SSSR count). The maximum Gasteiger partial charge on any atom is 0.229 e. The number of aromatic nitrogens is 3. The van der Waals surface area contributed by atoms with Crippen molar-refractivity contribution < 1.29 is 9.53 Å². The second-order valence-corrected chi connectivity index (χ2v) is 9.91. The Kier molecular flexibility index (Phi) is 8.45. The average Bonchev–Trinajstić information content (AvgIpc) is 3.70. The highest BCUT2D eigenvalue weighted by Gasteiger charge is 2.28. The number of amides is 1. The first-order chi connectivity index (χ1) is 17.7. The third-order valence-electron chi connectivity index (χ3n) is 7.11. The molecule has 2 aromatic rings. The standard InChI is InChI=1S/C26H38N8O2/c35-25(20-3-1-4-20)29-10-2-9-28-24-22(19-5-6-19)18-31-26(33-24)32-21-7-8-23(30-17-21)27-11-12-34-13-15-36-16-14-34/h7-8,17-20H,1-6,9-16H2,(H,27,30)(H,29,35)(H2,28,31,32,33). The third-order valence-corrected chi connectivity index (χ3v) is 7.11. The van der Waals surface area contributed by atoms with Crippen LogP contribution in [0.2, 0.25) is 0 Å². The normalized spacial score (nSPS) is 18.3. The van der Waals surface area contributed by atoms with Gasteiger partial charge in [-0.05, 0) is 50.2 Å². The molecule has 1 amide bonds. The van der Waals surface area contributed by atoms with Gasteiger partial charge < -0.3 is 26.0 Å². The van der Waals surface area contributed by atoms with Crippen molar-refractivity contribution in [2.24, 2.45) is 5.92 Å². The van der Waals surface area contributed by atoms with E-state index in [1.54, 1.807) is 6.20 Å². The molecule has 1 aliphatic heterocycles. The van der Waals surface area contributed by atoms with Gasteiger partial charge >= 0.3 is 0 Å². The predicted molar refractivity (Wildman–Crippen MR) is 141 cm³/mol. The van der Waals surface area contributed by atoms with Crippen LogP contribution in [0.5, 0.6) is 0 Å². The number of hydrogen-bond donors (Lipinski definition) is 4. The van der Waals surface area contributed by atoms with Crippen molar-refractivity contribution >= 4 is 29.2 Å². The first-order valence-corrected chi connectivity index (χ1v) is 13.4. The van der Waals surface area contributed by atoms with Crippen molar-refractivity contribution in [2.75, 3.05) is 68.4 Å². The van der Waals surface area contributed by atoms with Gasteiger partial charge in [-0.25, -0.2) is 9.97 Å². The summed E-state index contributed by atoms with van der Waals surface area (Å²) in [5, 5.41) is 13.2. The summed E-state index contributed by atoms with van der Waals surface area (Å²) in [4.78, 5) is 28.2. The van der Waals surface area contributed by atoms with Crippen LogP contribution >= 0.6 is 0 Å². The van der Waals surface area contributed by atoms with Gasteiger partial charge in [0.2, 0.25) is 11.9 Å². The van der Waals surface area contributed by atoms with Crippen LogP contribution in [0.25, 0.3) is 0 Å². The second kappa shape index (κ2) is 12.3. The molecule has 194 valence electrons. The van der Waals surface area contributed by atoms with E-state index in [0.29, 0.717) is 18.4 Å². The van der Waals surface area contributed by atoms with Crippen LogP contribution in [0.15, 0.2) is 24.5 Å². The molecule has 3 fully saturated rings. The zero-order valence-electron chi connectivity index (χ0n) is 21.0. The van der Waals surface area contributed by atoms with E-state index in [-0.39, 0.29) is 11.8 Å². The van der Waals surface area contributed by atoms with Crippen LogP contribution < -0.4 is 21.3 Å². The smallest absolute Gasteiger partial charge is 0.229 e. The summed E-state index contributed by atoms with van der Waals surface area (Å²) in [5.74, 6) is 3.28. The molecule has 1 saturated heterocycles. The predicted octanol–water partition coefficient (Wildman–Crippen LogP) is 2.96. The fourth-order valence-corrected chi connectivity index (χ4v) is 4.48. The molecule has 0 spiro atoms. The number of carbonyl (C=O) groups excluding carboxylic acids is 1. The number of hydrogen-bond acceptors (Lipinski definition) is 9. The lowest BCUT2D eigenvalue weighted by Gasteiger charge is -2.26. The molecule has 36 heavy (non-hydrogen) atoms. The topological polar surface area (TPSA) is 116 Å². The number of ether oxygens (including phenoxy) is 1. The van der Waals surface area contributed by atoms with E-state index in [0.717, 1.165) is 82.5 Å². The molecule has 2 aromatic heterocycles. The van der Waals surface area contributed by atoms with Crippen molar-refractivity contribution in [1.82, 2.24) is 25.2 Å². The minimum absolute atomic E-state index is 0.209. The number of morpholine rings is 1. The fraction of sp³-hybridized carbons (Fsp3) is 0.615. The van der Waals surface area contributed by atoms with Gasteiger partial charge in [0.25, 0.3) is 0 Å². The Labute approximate surface area is 213 Å². The molecule has 10 heteroatoms. The Bertz CT molecular complexity index is 988. The summed E-state index contributed by atoms with van der Waals surface area (Å²) < 4.78 is 5.39. The number of nitrogens with one attached hydrogen (secondary N) is 4. The van der Waals surface area contributed by atoms with E-state index in [4.69, 9.17) is 9.72 Å². The largest absolute Gasteiger partial charge is 0.379 e. The number of rotatable bonds is 13. The molecule has 3 aliphatic rings. The fourth-order valence-electron chi connectivity index (χ4n) is 4.48. The lowest BCUT2D eigenvalue weighted by Crippen LogP contribution is -2.39. The Morgan fingerprint density at radius 2 is 1.86 bits per heavy atom. The minimum atomic E-state index is 0.209. The Morgan fingerprint density at radius 3 is 2.58 bits per heavy atom. The Balaban J connectivity index is 1.09. The zero-order chi connectivity index (χ0) is 24.6. The molecule has 10 nitrogen and oxygen atoms in total. The molecule has 0 unspecified atom stereocenters. The lowest BCUT2D eigenvalue weighted by molar-refractivity contribution is -0.127. The first-order valence-electron chi connectivity index (χ1n) is 13.4. The van der Waals surface area contributed by atoms with Gasteiger partial charge in [0.15, 0.2) is 0 Å². The van der Waals surface area contributed by atoms with Gasteiger partial charge in [-0.1, -0.05) is 6.42 Å². The molecule has 3 heterocycles. The van der Waals surface area contributed by atoms with Crippen molar-refractivity contribution in [2.45, 2.75) is 44.4 Å². The zero-order valence-corrected chi connectivity index (χ0v) is 21.0. The van der Waals surface area contributed by atoms with E-state index in [2.05, 4.69) is 36.1 Å². The highest BCUT2D eigenvalue weighted by atomic mass is 16.5.